The Hall–Kier alpha value is -2.45. The molecule has 1 atom stereocenters. The summed E-state index contributed by atoms with van der Waals surface area (Å²) in [5.74, 6) is 1.86. The molecule has 0 spiro atoms. The maximum atomic E-state index is 13.1. The highest BCUT2D eigenvalue weighted by Crippen LogP contribution is 2.40. The number of pyridine rings is 1. The lowest BCUT2D eigenvalue weighted by molar-refractivity contribution is 0.122. The summed E-state index contributed by atoms with van der Waals surface area (Å²) in [6.07, 6.45) is 6.55. The lowest BCUT2D eigenvalue weighted by Crippen LogP contribution is -2.40. The van der Waals surface area contributed by atoms with Crippen LogP contribution in [0, 0.1) is 0 Å². The number of hydrogen-bond donors (Lipinski definition) is 3. The second-order valence-electron chi connectivity index (χ2n) is 8.15. The molecule has 2 aromatic rings. The minimum atomic E-state index is -0.153. The Morgan fingerprint density at radius 2 is 2.03 bits per heavy atom. The fourth-order valence-corrected chi connectivity index (χ4v) is 4.11. The zero-order chi connectivity index (χ0) is 19.6. The third-order valence-electron chi connectivity index (χ3n) is 5.95. The fourth-order valence-electron chi connectivity index (χ4n) is 4.11. The zero-order valence-corrected chi connectivity index (χ0v) is 16.6. The second kappa shape index (κ2) is 8.12. The van der Waals surface area contributed by atoms with Crippen LogP contribution >= 0.6 is 0 Å². The van der Waals surface area contributed by atoms with Gasteiger partial charge in [0.25, 0.3) is 5.56 Å². The van der Waals surface area contributed by atoms with Crippen LogP contribution in [0.3, 0.4) is 0 Å². The third-order valence-corrected chi connectivity index (χ3v) is 5.95. The average molecular weight is 396 g/mol. The number of nitrogens with zero attached hydrogens (tertiary/aromatic N) is 3. The van der Waals surface area contributed by atoms with Gasteiger partial charge in [-0.3, -0.25) is 14.8 Å². The van der Waals surface area contributed by atoms with Crippen LogP contribution in [0.15, 0.2) is 23.1 Å². The lowest BCUT2D eigenvalue weighted by atomic mass is 10.1. The summed E-state index contributed by atoms with van der Waals surface area (Å²) in [5.41, 5.74) is 2.30. The molecule has 0 radical (unpaired) electrons. The Morgan fingerprint density at radius 3 is 2.72 bits per heavy atom. The van der Waals surface area contributed by atoms with Gasteiger partial charge in [0.2, 0.25) is 5.95 Å². The standard InChI is InChI=1S/C21H28N6O2/c28-20-18(17-6-5-15(12-23-17)14-3-4-14)19(24-16-2-1-7-22-13-16)25-21(26-20)27-8-10-29-11-9-27/h5-6,12,14,16,22H,1-4,7-11,13H2,(H2,24,25,26,28). The third kappa shape index (κ3) is 4.13. The Bertz CT molecular complexity index is 896. The number of hydrogen-bond acceptors (Lipinski definition) is 7. The van der Waals surface area contributed by atoms with E-state index >= 15 is 0 Å². The molecule has 1 saturated carbocycles. The van der Waals surface area contributed by atoms with Crippen LogP contribution in [0.4, 0.5) is 11.8 Å². The molecule has 3 N–H and O–H groups in total. The number of ether oxygens (including phenoxy) is 1. The first-order valence-corrected chi connectivity index (χ1v) is 10.7. The maximum absolute atomic E-state index is 13.1. The molecule has 2 saturated heterocycles. The van der Waals surface area contributed by atoms with Crippen molar-refractivity contribution < 1.29 is 4.74 Å². The first kappa shape index (κ1) is 18.6. The summed E-state index contributed by atoms with van der Waals surface area (Å²) in [4.78, 5) is 27.6. The molecule has 8 heteroatoms. The molecule has 29 heavy (non-hydrogen) atoms. The summed E-state index contributed by atoms with van der Waals surface area (Å²) in [5, 5.41) is 6.94. The summed E-state index contributed by atoms with van der Waals surface area (Å²) in [6, 6.07) is 4.31. The number of rotatable bonds is 5. The molecule has 0 aromatic carbocycles. The highest BCUT2D eigenvalue weighted by Gasteiger charge is 2.25. The Labute approximate surface area is 170 Å². The molecule has 0 amide bonds. The highest BCUT2D eigenvalue weighted by molar-refractivity contribution is 5.73. The van der Waals surface area contributed by atoms with E-state index in [-0.39, 0.29) is 11.6 Å². The minimum absolute atomic E-state index is 0.153. The summed E-state index contributed by atoms with van der Waals surface area (Å²) in [7, 11) is 0. The molecule has 3 aliphatic rings. The largest absolute Gasteiger partial charge is 0.378 e. The topological polar surface area (TPSA) is 95.2 Å². The van der Waals surface area contributed by atoms with Gasteiger partial charge in [-0.2, -0.15) is 4.98 Å². The van der Waals surface area contributed by atoms with Crippen molar-refractivity contribution in [3.8, 4) is 11.3 Å². The van der Waals surface area contributed by atoms with Gasteiger partial charge in [0.15, 0.2) is 0 Å². The Kier molecular flexibility index (Phi) is 5.20. The number of H-pyrrole nitrogens is 1. The van der Waals surface area contributed by atoms with E-state index < -0.39 is 0 Å². The first-order chi connectivity index (χ1) is 14.3. The molecule has 8 nitrogen and oxygen atoms in total. The van der Waals surface area contributed by atoms with Gasteiger partial charge < -0.3 is 20.3 Å². The van der Waals surface area contributed by atoms with Gasteiger partial charge in [-0.15, -0.1) is 0 Å². The van der Waals surface area contributed by atoms with Crippen LogP contribution in [0.5, 0.6) is 0 Å². The van der Waals surface area contributed by atoms with Crippen LogP contribution < -0.4 is 21.1 Å². The van der Waals surface area contributed by atoms with E-state index in [4.69, 9.17) is 9.72 Å². The van der Waals surface area contributed by atoms with Gasteiger partial charge >= 0.3 is 0 Å². The van der Waals surface area contributed by atoms with Gasteiger partial charge in [-0.25, -0.2) is 0 Å². The molecule has 3 fully saturated rings. The number of aromatic amines is 1. The predicted octanol–water partition coefficient (Wildman–Crippen LogP) is 1.71. The first-order valence-electron chi connectivity index (χ1n) is 10.7. The Morgan fingerprint density at radius 1 is 1.17 bits per heavy atom. The number of piperidine rings is 1. The lowest BCUT2D eigenvalue weighted by Gasteiger charge is -2.29. The van der Waals surface area contributed by atoms with E-state index in [0.717, 1.165) is 39.0 Å². The maximum Gasteiger partial charge on any atom is 0.263 e. The van der Waals surface area contributed by atoms with Gasteiger partial charge in [-0.1, -0.05) is 6.07 Å². The minimum Gasteiger partial charge on any atom is -0.378 e. The van der Waals surface area contributed by atoms with Gasteiger partial charge in [0.05, 0.1) is 18.9 Å². The normalized spacial score (nSPS) is 22.5. The molecule has 1 aliphatic carbocycles. The molecule has 0 bridgehead atoms. The van der Waals surface area contributed by atoms with Crippen molar-refractivity contribution in [3.05, 3.63) is 34.2 Å². The summed E-state index contributed by atoms with van der Waals surface area (Å²) >= 11 is 0. The van der Waals surface area contributed by atoms with Crippen LogP contribution in [-0.2, 0) is 4.74 Å². The monoisotopic (exact) mass is 396 g/mol. The number of anilines is 2. The number of morpholine rings is 1. The van der Waals surface area contributed by atoms with E-state index in [1.807, 2.05) is 12.3 Å². The quantitative estimate of drug-likeness (QED) is 0.708. The van der Waals surface area contributed by atoms with Crippen molar-refractivity contribution in [2.45, 2.75) is 37.6 Å². The van der Waals surface area contributed by atoms with E-state index in [2.05, 4.69) is 31.6 Å². The van der Waals surface area contributed by atoms with E-state index in [9.17, 15) is 4.79 Å². The molecule has 1 unspecified atom stereocenters. The fraction of sp³-hybridized carbons (Fsp3) is 0.571. The van der Waals surface area contributed by atoms with E-state index in [0.29, 0.717) is 42.2 Å². The van der Waals surface area contributed by atoms with E-state index in [1.165, 1.54) is 18.4 Å². The van der Waals surface area contributed by atoms with Crippen molar-refractivity contribution in [2.24, 2.45) is 0 Å². The van der Waals surface area contributed by atoms with Crippen molar-refractivity contribution in [1.29, 1.82) is 0 Å². The second-order valence-corrected chi connectivity index (χ2v) is 8.15. The highest BCUT2D eigenvalue weighted by atomic mass is 16.5. The summed E-state index contributed by atoms with van der Waals surface area (Å²) in [6.45, 7) is 4.64. The van der Waals surface area contributed by atoms with Crippen LogP contribution in [0.2, 0.25) is 0 Å². The average Bonchev–Trinajstić information content (AvgIpc) is 3.61. The molecule has 5 rings (SSSR count). The molecular formula is C21H28N6O2. The summed E-state index contributed by atoms with van der Waals surface area (Å²) < 4.78 is 5.44. The van der Waals surface area contributed by atoms with Gasteiger partial charge in [-0.05, 0) is 49.8 Å². The zero-order valence-electron chi connectivity index (χ0n) is 16.6. The molecular weight excluding hydrogens is 368 g/mol. The van der Waals surface area contributed by atoms with Crippen LogP contribution in [-0.4, -0.2) is 60.4 Å². The number of nitrogens with one attached hydrogen (secondary N) is 3. The molecule has 2 aromatic heterocycles. The molecule has 154 valence electrons. The molecule has 4 heterocycles. The van der Waals surface area contributed by atoms with Crippen molar-refractivity contribution in [1.82, 2.24) is 20.3 Å². The van der Waals surface area contributed by atoms with Gasteiger partial charge in [0.1, 0.15) is 11.4 Å². The van der Waals surface area contributed by atoms with Crippen LogP contribution in [0.25, 0.3) is 11.3 Å². The smallest absolute Gasteiger partial charge is 0.263 e. The SMILES string of the molecule is O=c1[nH]c(N2CCOCC2)nc(NC2CCCNC2)c1-c1ccc(C2CC2)cn1. The van der Waals surface area contributed by atoms with E-state index in [1.54, 1.807) is 0 Å². The van der Waals surface area contributed by atoms with Crippen molar-refractivity contribution in [2.75, 3.05) is 49.6 Å². The molecule has 2 aliphatic heterocycles. The number of aromatic nitrogens is 3. The van der Waals surface area contributed by atoms with Gasteiger partial charge in [0, 0.05) is 31.9 Å². The Balaban J connectivity index is 1.51. The van der Waals surface area contributed by atoms with Crippen LogP contribution in [0.1, 0.15) is 37.2 Å². The predicted molar refractivity (Wildman–Crippen MR) is 113 cm³/mol. The van der Waals surface area contributed by atoms with Crippen molar-refractivity contribution in [3.63, 3.8) is 0 Å². The van der Waals surface area contributed by atoms with Crippen molar-refractivity contribution >= 4 is 11.8 Å².